The van der Waals surface area contributed by atoms with Crippen LogP contribution in [0.2, 0.25) is 0 Å². The lowest BCUT2D eigenvalue weighted by atomic mass is 9.24. The summed E-state index contributed by atoms with van der Waals surface area (Å²) in [5.41, 5.74) is 23.6. The first-order valence-corrected chi connectivity index (χ1v) is 34.0. The molecule has 458 valence electrons. The smallest absolute Gasteiger partial charge is 0.290 e. The monoisotopic (exact) mass is 1260 g/mol. The number of nitrogens with zero attached hydrogens (tertiary/aromatic N) is 2. The molecule has 0 spiro atoms. The fourth-order valence-corrected chi connectivity index (χ4v) is 16.8. The third kappa shape index (κ3) is 8.57. The van der Waals surface area contributed by atoms with Crippen molar-refractivity contribution in [3.8, 4) is 17.2 Å². The van der Waals surface area contributed by atoms with E-state index in [4.69, 9.17) is 22.4 Å². The zero-order valence-corrected chi connectivity index (χ0v) is 53.4. The molecule has 0 atom stereocenters. The van der Waals surface area contributed by atoms with Crippen molar-refractivity contribution in [1.82, 2.24) is 4.57 Å². The van der Waals surface area contributed by atoms with E-state index >= 15 is 0 Å². The third-order valence-corrected chi connectivity index (χ3v) is 21.0. The molecule has 0 saturated carbocycles. The zero-order valence-electron chi connectivity index (χ0n) is 53.4. The fraction of sp³-hybridized carbons (Fsp3) is 0. The molecule has 3 aliphatic heterocycles. The molecule has 14 aromatic carbocycles. The molecule has 11 heteroatoms. The number of aromatic nitrogens is 1. The van der Waals surface area contributed by atoms with Gasteiger partial charge in [-0.05, 0) is 140 Å². The second-order valence-corrected chi connectivity index (χ2v) is 26.4. The molecule has 0 bridgehead atoms. The van der Waals surface area contributed by atoms with Gasteiger partial charge in [0.05, 0.1) is 45.0 Å². The molecule has 8 heterocycles. The Kier molecular flexibility index (Phi) is 12.4. The Morgan fingerprint density at radius 1 is 0.232 bits per heavy atom. The minimum Gasteiger partial charge on any atom is -0.471 e. The van der Waals surface area contributed by atoms with Crippen molar-refractivity contribution in [2.75, 3.05) is 4.90 Å². The molecule has 0 saturated heterocycles. The molecular weight excluding hydrogens is 1210 g/mol. The van der Waals surface area contributed by atoms with Gasteiger partial charge < -0.3 is 31.9 Å². The Bertz CT molecular complexity index is 6350. The summed E-state index contributed by atoms with van der Waals surface area (Å²) in [4.78, 5) is 2.28. The predicted molar refractivity (Wildman–Crippen MR) is 413 cm³/mol. The molecule has 0 unspecified atom stereocenters. The Hall–Kier alpha value is -12.6. The summed E-state index contributed by atoms with van der Waals surface area (Å²) in [5, 5.41) is 11.9. The average molecular weight is 1260 g/mol. The van der Waals surface area contributed by atoms with E-state index in [1.54, 1.807) is 0 Å². The summed E-state index contributed by atoms with van der Waals surface area (Å²) in [5.74, 6) is 1.67. The molecule has 22 rings (SSSR count). The highest BCUT2D eigenvalue weighted by Gasteiger charge is 2.48. The van der Waals surface area contributed by atoms with Crippen LogP contribution in [0.3, 0.4) is 0 Å². The third-order valence-electron chi connectivity index (χ3n) is 21.0. The minimum atomic E-state index is -0.176. The Balaban J connectivity index is 0.000000132. The number of hydrogen-bond acceptors (Lipinski definition) is 6. The average Bonchev–Trinajstić information content (AvgIpc) is 1.56. The van der Waals surface area contributed by atoms with Crippen molar-refractivity contribution in [1.29, 1.82) is 0 Å². The van der Waals surface area contributed by atoms with Crippen LogP contribution in [0.15, 0.2) is 345 Å². The highest BCUT2D eigenvalue weighted by Crippen LogP contribution is 2.50. The molecule has 0 fully saturated rings. The van der Waals surface area contributed by atoms with E-state index in [9.17, 15) is 0 Å². The topological polar surface area (TPSA) is 70.0 Å². The van der Waals surface area contributed by atoms with E-state index < -0.39 is 0 Å². The number of fused-ring (bicyclic) bond motifs is 19. The Labute approximate surface area is 570 Å². The van der Waals surface area contributed by atoms with E-state index in [-0.39, 0.29) is 26.9 Å². The van der Waals surface area contributed by atoms with Gasteiger partial charge in [-0.15, -0.1) is 0 Å². The second kappa shape index (κ2) is 22.0. The number of anilines is 3. The number of para-hydroxylation sites is 10. The highest BCUT2D eigenvalue weighted by atomic mass is 16.5. The number of furan rings is 4. The summed E-state index contributed by atoms with van der Waals surface area (Å²) >= 11 is 0. The van der Waals surface area contributed by atoms with Gasteiger partial charge in [-0.25, -0.2) is 0 Å². The van der Waals surface area contributed by atoms with Crippen molar-refractivity contribution in [3.63, 3.8) is 0 Å². The van der Waals surface area contributed by atoms with Crippen molar-refractivity contribution in [3.05, 3.63) is 328 Å². The van der Waals surface area contributed by atoms with Crippen molar-refractivity contribution in [2.24, 2.45) is 0 Å². The van der Waals surface area contributed by atoms with Gasteiger partial charge in [-0.1, -0.05) is 252 Å². The Morgan fingerprint density at radius 3 is 1.03 bits per heavy atom. The number of hydrogen-bond donors (Lipinski definition) is 0. The summed E-state index contributed by atoms with van der Waals surface area (Å²) in [6.07, 6.45) is 0. The lowest BCUT2D eigenvalue weighted by molar-refractivity contribution is 0.477. The van der Waals surface area contributed by atoms with Gasteiger partial charge >= 0.3 is 0 Å². The zero-order chi connectivity index (χ0) is 64.8. The van der Waals surface area contributed by atoms with Gasteiger partial charge in [0, 0.05) is 43.7 Å². The van der Waals surface area contributed by atoms with Crippen molar-refractivity contribution in [2.45, 2.75) is 0 Å². The van der Waals surface area contributed by atoms with Crippen LogP contribution in [-0.4, -0.2) is 31.4 Å². The largest absolute Gasteiger partial charge is 0.471 e. The quantitative estimate of drug-likeness (QED) is 0.122. The standard InChI is InChI=1S/C48H29B2NO3.C40H25B2NO2/c1-2-12-31-28-33-29-35(22-21-32(33)27-30(31)11-1)50-46-38-14-4-8-18-42(38)53-47(46)49(45-37-13-3-7-17-41(37)54-48(45)50)34-23-25-36(26-24-34)51-39-15-5-9-19-43(39)52-44-20-10-6-16-40(44)51;1-2-12-26(13-3-1)41-37-31-16-6-10-20-35(31)45-40(37)42(38-32-17-7-11-21-36(32)44-39(38)41)27-22-24-28(25-23-27)43-33-18-8-4-14-29(33)30-15-5-9-19-34(30)43/h1-29H;1-25H. The molecule has 0 aliphatic carbocycles. The normalized spacial score (nSPS) is 13.0. The van der Waals surface area contributed by atoms with Crippen LogP contribution in [0.25, 0.3) is 92.9 Å². The lowest BCUT2D eigenvalue weighted by Crippen LogP contribution is -2.73. The second-order valence-electron chi connectivity index (χ2n) is 26.4. The molecule has 7 nitrogen and oxygen atoms in total. The lowest BCUT2D eigenvalue weighted by Gasteiger charge is -2.33. The molecule has 19 aromatic rings. The van der Waals surface area contributed by atoms with Gasteiger partial charge in [-0.3, -0.25) is 0 Å². The van der Waals surface area contributed by atoms with Crippen LogP contribution >= 0.6 is 0 Å². The molecule has 3 aliphatic rings. The molecule has 0 amide bonds. The maximum atomic E-state index is 7.00. The summed E-state index contributed by atoms with van der Waals surface area (Å²) in [7, 11) is 0. The van der Waals surface area contributed by atoms with Crippen LogP contribution in [0.1, 0.15) is 0 Å². The van der Waals surface area contributed by atoms with Gasteiger partial charge in [0.15, 0.2) is 11.5 Å². The summed E-state index contributed by atoms with van der Waals surface area (Å²) in [6.45, 7) is -0.512. The van der Waals surface area contributed by atoms with Crippen molar-refractivity contribution < 1.29 is 22.4 Å². The van der Waals surface area contributed by atoms with Gasteiger partial charge in [0.25, 0.3) is 26.9 Å². The first kappa shape index (κ1) is 55.7. The summed E-state index contributed by atoms with van der Waals surface area (Å²) in [6, 6.07) is 116. The van der Waals surface area contributed by atoms with Crippen LogP contribution in [0, 0.1) is 0 Å². The van der Waals surface area contributed by atoms with E-state index in [0.717, 1.165) is 112 Å². The molecule has 0 N–H and O–H groups in total. The maximum absolute atomic E-state index is 7.00. The molecule has 5 aromatic heterocycles. The van der Waals surface area contributed by atoms with Gasteiger partial charge in [0.2, 0.25) is 0 Å². The van der Waals surface area contributed by atoms with E-state index in [1.807, 2.05) is 24.3 Å². The first-order chi connectivity index (χ1) is 49.1. The maximum Gasteiger partial charge on any atom is 0.290 e. The number of rotatable bonds is 6. The SMILES string of the molecule is c1ccc(B2c3oc4ccccc4c3B(c3ccc(-n4c5ccccc5c5ccccc54)cc3)c3oc4ccccc4c32)cc1.c1ccc2c(c1)Oc1ccccc1N2c1ccc(B2c3oc4ccccc4c3B(c3ccc4cc5ccccc5cc4c3)c3oc4ccccc4c32)cc1. The van der Waals surface area contributed by atoms with Crippen molar-refractivity contribution >= 4 is 197 Å². The van der Waals surface area contributed by atoms with Crippen LogP contribution in [0.5, 0.6) is 11.5 Å². The molecular formula is C88H54B4N2O5. The van der Waals surface area contributed by atoms with Crippen LogP contribution in [0.4, 0.5) is 17.1 Å². The fourth-order valence-electron chi connectivity index (χ4n) is 16.8. The van der Waals surface area contributed by atoms with Crippen LogP contribution in [-0.2, 0) is 0 Å². The Morgan fingerprint density at radius 2 is 0.566 bits per heavy atom. The van der Waals surface area contributed by atoms with Crippen LogP contribution < -0.4 is 76.0 Å². The summed E-state index contributed by atoms with van der Waals surface area (Å²) < 4.78 is 36.4. The predicted octanol–water partition coefficient (Wildman–Crippen LogP) is 14.0. The van der Waals surface area contributed by atoms with E-state index in [0.29, 0.717) is 0 Å². The van der Waals surface area contributed by atoms with E-state index in [1.165, 1.54) is 76.1 Å². The van der Waals surface area contributed by atoms with Gasteiger partial charge in [-0.2, -0.15) is 0 Å². The van der Waals surface area contributed by atoms with E-state index in [2.05, 4.69) is 313 Å². The van der Waals surface area contributed by atoms with Gasteiger partial charge in [0.1, 0.15) is 22.3 Å². The number of ether oxygens (including phenoxy) is 1. The molecule has 0 radical (unpaired) electrons. The molecule has 99 heavy (non-hydrogen) atoms. The first-order valence-electron chi connectivity index (χ1n) is 34.0. The number of benzene rings is 14. The highest BCUT2D eigenvalue weighted by molar-refractivity contribution is 7.13. The minimum absolute atomic E-state index is 0.0691.